The highest BCUT2D eigenvalue weighted by molar-refractivity contribution is 5.98. The van der Waals surface area contributed by atoms with Crippen LogP contribution in [0.2, 0.25) is 0 Å². The fourth-order valence-electron chi connectivity index (χ4n) is 4.47. The van der Waals surface area contributed by atoms with E-state index in [9.17, 15) is 4.79 Å². The Balaban J connectivity index is 1.59. The lowest BCUT2D eigenvalue weighted by atomic mass is 10.0. The average Bonchev–Trinajstić information content (AvgIpc) is 3.30. The van der Waals surface area contributed by atoms with Crippen LogP contribution in [0.3, 0.4) is 0 Å². The SMILES string of the molecule is CCN1CCC[C@H]1[C@H]1CCCN1C(=O)c1ccc2cc[nH]c2c1. The number of aromatic nitrogens is 1. The van der Waals surface area contributed by atoms with Gasteiger partial charge in [-0.2, -0.15) is 0 Å². The zero-order valence-electron chi connectivity index (χ0n) is 13.8. The number of nitrogens with zero attached hydrogens (tertiary/aromatic N) is 2. The minimum absolute atomic E-state index is 0.201. The predicted octanol–water partition coefficient (Wildman–Crippen LogP) is 3.26. The van der Waals surface area contributed by atoms with Gasteiger partial charge in [0, 0.05) is 35.9 Å². The van der Waals surface area contributed by atoms with Gasteiger partial charge < -0.3 is 9.88 Å². The highest BCUT2D eigenvalue weighted by atomic mass is 16.2. The molecule has 0 unspecified atom stereocenters. The number of amides is 1. The number of hydrogen-bond donors (Lipinski definition) is 1. The van der Waals surface area contributed by atoms with Gasteiger partial charge in [-0.05, 0) is 62.4 Å². The second-order valence-electron chi connectivity index (χ2n) is 6.83. The number of likely N-dealkylation sites (N-methyl/N-ethyl adjacent to an activating group) is 1. The molecule has 1 aromatic heterocycles. The van der Waals surface area contributed by atoms with Crippen LogP contribution in [0.1, 0.15) is 43.0 Å². The topological polar surface area (TPSA) is 39.3 Å². The largest absolute Gasteiger partial charge is 0.361 e. The Bertz CT molecular complexity index is 707. The fourth-order valence-corrected chi connectivity index (χ4v) is 4.47. The van der Waals surface area contributed by atoms with E-state index in [0.29, 0.717) is 12.1 Å². The van der Waals surface area contributed by atoms with Crippen LogP contribution in [0.25, 0.3) is 10.9 Å². The molecule has 2 aliphatic rings. The number of nitrogens with one attached hydrogen (secondary N) is 1. The van der Waals surface area contributed by atoms with E-state index in [-0.39, 0.29) is 5.91 Å². The van der Waals surface area contributed by atoms with Gasteiger partial charge in [0.15, 0.2) is 0 Å². The maximum atomic E-state index is 13.1. The van der Waals surface area contributed by atoms with Crippen molar-refractivity contribution in [1.82, 2.24) is 14.8 Å². The molecule has 1 amide bonds. The fraction of sp³-hybridized carbons (Fsp3) is 0.526. The molecule has 0 saturated carbocycles. The third kappa shape index (κ3) is 2.55. The lowest BCUT2D eigenvalue weighted by Gasteiger charge is -2.34. The summed E-state index contributed by atoms with van der Waals surface area (Å²) in [7, 11) is 0. The van der Waals surface area contributed by atoms with Crippen LogP contribution in [0.15, 0.2) is 30.5 Å². The summed E-state index contributed by atoms with van der Waals surface area (Å²) in [6.07, 6.45) is 6.71. The predicted molar refractivity (Wildman–Crippen MR) is 92.6 cm³/mol. The number of carbonyl (C=O) groups is 1. The number of hydrogen-bond acceptors (Lipinski definition) is 2. The highest BCUT2D eigenvalue weighted by Crippen LogP contribution is 2.31. The van der Waals surface area contributed by atoms with E-state index in [1.165, 1.54) is 19.4 Å². The smallest absolute Gasteiger partial charge is 0.254 e. The molecule has 1 aromatic carbocycles. The number of likely N-dealkylation sites (tertiary alicyclic amines) is 2. The molecule has 1 N–H and O–H groups in total. The van der Waals surface area contributed by atoms with Gasteiger partial charge in [0.2, 0.25) is 0 Å². The van der Waals surface area contributed by atoms with Crippen molar-refractivity contribution in [1.29, 1.82) is 0 Å². The summed E-state index contributed by atoms with van der Waals surface area (Å²) < 4.78 is 0. The van der Waals surface area contributed by atoms with E-state index < -0.39 is 0 Å². The molecule has 0 aliphatic carbocycles. The Morgan fingerprint density at radius 1 is 1.17 bits per heavy atom. The van der Waals surface area contributed by atoms with Crippen LogP contribution in [-0.2, 0) is 0 Å². The zero-order chi connectivity index (χ0) is 15.8. The second kappa shape index (κ2) is 6.00. The van der Waals surface area contributed by atoms with Crippen molar-refractivity contribution in [3.05, 3.63) is 36.0 Å². The summed E-state index contributed by atoms with van der Waals surface area (Å²) in [5, 5.41) is 1.16. The van der Waals surface area contributed by atoms with Crippen LogP contribution in [0, 0.1) is 0 Å². The Kier molecular flexibility index (Phi) is 3.85. The molecule has 4 nitrogen and oxygen atoms in total. The summed E-state index contributed by atoms with van der Waals surface area (Å²) in [5.74, 6) is 0.201. The Labute approximate surface area is 137 Å². The third-order valence-corrected chi connectivity index (χ3v) is 5.63. The van der Waals surface area contributed by atoms with Gasteiger partial charge in [-0.1, -0.05) is 13.0 Å². The van der Waals surface area contributed by atoms with Gasteiger partial charge in [-0.15, -0.1) is 0 Å². The molecular formula is C19H25N3O. The third-order valence-electron chi connectivity index (χ3n) is 5.63. The molecule has 2 aliphatic heterocycles. The second-order valence-corrected chi connectivity index (χ2v) is 6.83. The highest BCUT2D eigenvalue weighted by Gasteiger charge is 2.39. The van der Waals surface area contributed by atoms with Crippen LogP contribution in [-0.4, -0.2) is 52.4 Å². The first kappa shape index (κ1) is 14.8. The first-order chi connectivity index (χ1) is 11.3. The number of fused-ring (bicyclic) bond motifs is 1. The van der Waals surface area contributed by atoms with Gasteiger partial charge in [0.05, 0.1) is 0 Å². The molecule has 4 heteroatoms. The molecule has 2 saturated heterocycles. The minimum atomic E-state index is 0.201. The number of H-pyrrole nitrogens is 1. The summed E-state index contributed by atoms with van der Waals surface area (Å²) in [6.45, 7) is 5.42. The maximum Gasteiger partial charge on any atom is 0.254 e. The van der Waals surface area contributed by atoms with Crippen molar-refractivity contribution in [3.63, 3.8) is 0 Å². The van der Waals surface area contributed by atoms with E-state index in [1.54, 1.807) is 0 Å². The summed E-state index contributed by atoms with van der Waals surface area (Å²) in [5.41, 5.74) is 1.86. The van der Waals surface area contributed by atoms with E-state index in [4.69, 9.17) is 0 Å². The van der Waals surface area contributed by atoms with Crippen LogP contribution in [0.4, 0.5) is 0 Å². The lowest BCUT2D eigenvalue weighted by molar-refractivity contribution is 0.0650. The van der Waals surface area contributed by atoms with Gasteiger partial charge in [0.1, 0.15) is 0 Å². The summed E-state index contributed by atoms with van der Waals surface area (Å²) in [6, 6.07) is 9.00. The van der Waals surface area contributed by atoms with Gasteiger partial charge in [-0.3, -0.25) is 9.69 Å². The van der Waals surface area contributed by atoms with E-state index in [2.05, 4.69) is 21.7 Å². The first-order valence-electron chi connectivity index (χ1n) is 8.90. The molecule has 4 rings (SSSR count). The Morgan fingerprint density at radius 3 is 2.87 bits per heavy atom. The molecular weight excluding hydrogens is 286 g/mol. The van der Waals surface area contributed by atoms with Crippen molar-refractivity contribution in [2.24, 2.45) is 0 Å². The summed E-state index contributed by atoms with van der Waals surface area (Å²) >= 11 is 0. The number of benzene rings is 1. The number of aromatic amines is 1. The van der Waals surface area contributed by atoms with Gasteiger partial charge in [-0.25, -0.2) is 0 Å². The van der Waals surface area contributed by atoms with Crippen LogP contribution in [0.5, 0.6) is 0 Å². The summed E-state index contributed by atoms with van der Waals surface area (Å²) in [4.78, 5) is 21.0. The van der Waals surface area contributed by atoms with E-state index in [1.807, 2.05) is 30.5 Å². The monoisotopic (exact) mass is 311 g/mol. The van der Waals surface area contributed by atoms with E-state index in [0.717, 1.165) is 42.4 Å². The Morgan fingerprint density at radius 2 is 2.00 bits per heavy atom. The minimum Gasteiger partial charge on any atom is -0.361 e. The van der Waals surface area contributed by atoms with Gasteiger partial charge >= 0.3 is 0 Å². The molecule has 0 spiro atoms. The maximum absolute atomic E-state index is 13.1. The van der Waals surface area contributed by atoms with Crippen molar-refractivity contribution in [2.45, 2.75) is 44.7 Å². The van der Waals surface area contributed by atoms with Crippen molar-refractivity contribution in [2.75, 3.05) is 19.6 Å². The van der Waals surface area contributed by atoms with Crippen molar-refractivity contribution < 1.29 is 4.79 Å². The standard InChI is InChI=1S/C19H25N3O/c1-2-21-11-3-5-17(21)18-6-4-12-22(18)19(23)15-8-7-14-9-10-20-16(14)13-15/h7-10,13,17-18,20H,2-6,11-12H2,1H3/t17-,18+/m0/s1. The molecule has 3 heterocycles. The van der Waals surface area contributed by atoms with Gasteiger partial charge in [0.25, 0.3) is 5.91 Å². The number of rotatable bonds is 3. The quantitative estimate of drug-likeness (QED) is 0.945. The van der Waals surface area contributed by atoms with Crippen molar-refractivity contribution >= 4 is 16.8 Å². The molecule has 2 fully saturated rings. The Hall–Kier alpha value is -1.81. The average molecular weight is 311 g/mol. The first-order valence-corrected chi connectivity index (χ1v) is 8.90. The molecule has 23 heavy (non-hydrogen) atoms. The van der Waals surface area contributed by atoms with Crippen LogP contribution >= 0.6 is 0 Å². The van der Waals surface area contributed by atoms with Crippen LogP contribution < -0.4 is 0 Å². The number of carbonyl (C=O) groups excluding carboxylic acids is 1. The van der Waals surface area contributed by atoms with E-state index >= 15 is 0 Å². The zero-order valence-corrected chi connectivity index (χ0v) is 13.8. The molecule has 0 bridgehead atoms. The molecule has 2 atom stereocenters. The molecule has 2 aromatic rings. The molecule has 122 valence electrons. The normalized spacial score (nSPS) is 25.5. The molecule has 0 radical (unpaired) electrons. The lowest BCUT2D eigenvalue weighted by Crippen LogP contribution is -2.48. The van der Waals surface area contributed by atoms with Crippen molar-refractivity contribution in [3.8, 4) is 0 Å².